The average Bonchev–Trinajstić information content (AvgIpc) is 3.30. The molecule has 36 heavy (non-hydrogen) atoms. The van der Waals surface area contributed by atoms with Gasteiger partial charge in [0.05, 0.1) is 29.8 Å². The Hall–Kier alpha value is -3.30. The number of benzene rings is 1. The molecule has 2 aromatic heterocycles. The fraction of sp³-hybridized carbons (Fsp3) is 0.360. The van der Waals surface area contributed by atoms with Crippen molar-refractivity contribution in [1.82, 2.24) is 19.9 Å². The fourth-order valence-corrected chi connectivity index (χ4v) is 5.24. The second kappa shape index (κ2) is 10.8. The Kier molecular flexibility index (Phi) is 7.70. The van der Waals surface area contributed by atoms with Gasteiger partial charge in [0.1, 0.15) is 17.1 Å². The van der Waals surface area contributed by atoms with E-state index in [1.54, 1.807) is 22.9 Å². The van der Waals surface area contributed by atoms with Crippen molar-refractivity contribution >= 4 is 46.1 Å². The third-order valence-corrected chi connectivity index (χ3v) is 7.08. The van der Waals surface area contributed by atoms with Gasteiger partial charge in [-0.15, -0.1) is 0 Å². The first-order valence-corrected chi connectivity index (χ1v) is 12.3. The maximum absolute atomic E-state index is 13.6. The lowest BCUT2D eigenvalue weighted by Gasteiger charge is -2.22. The van der Waals surface area contributed by atoms with Gasteiger partial charge in [0.15, 0.2) is 0 Å². The van der Waals surface area contributed by atoms with E-state index in [1.807, 2.05) is 6.92 Å². The van der Waals surface area contributed by atoms with Gasteiger partial charge in [-0.3, -0.25) is 14.2 Å². The Balaban J connectivity index is 1.79. The lowest BCUT2D eigenvalue weighted by Crippen LogP contribution is -2.43. The number of methoxy groups -OCH3 is 2. The molecule has 1 aliphatic rings. The molecule has 1 aliphatic carbocycles. The minimum absolute atomic E-state index is 0.0331. The standard InChI is InChI=1S/C25H27Cl2N5O4/c1-5-19(33)29-15-8-7-9-16(15)30-25-28-12-13-10-14(24(34)32(6-2)23(13)31-25)20-21(26)17(35-3)11-18(36-4)22(20)27/h5,10-12,15-16H,1,6-9H2,2-4H3,(H,29,33)(H,28,30,31). The number of carbonyl (C=O) groups excluding carboxylic acids is 1. The molecule has 190 valence electrons. The molecule has 4 rings (SSSR count). The van der Waals surface area contributed by atoms with E-state index in [1.165, 1.54) is 20.3 Å². The zero-order valence-corrected chi connectivity index (χ0v) is 21.7. The van der Waals surface area contributed by atoms with Crippen LogP contribution in [0, 0.1) is 0 Å². The predicted molar refractivity (Wildman–Crippen MR) is 141 cm³/mol. The maximum atomic E-state index is 13.6. The molecule has 0 saturated heterocycles. The van der Waals surface area contributed by atoms with Crippen LogP contribution in [0.4, 0.5) is 5.95 Å². The largest absolute Gasteiger partial charge is 0.495 e. The summed E-state index contributed by atoms with van der Waals surface area (Å²) < 4.78 is 12.3. The number of aromatic nitrogens is 3. The number of hydrogen-bond donors (Lipinski definition) is 2. The quantitative estimate of drug-likeness (QED) is 0.413. The lowest BCUT2D eigenvalue weighted by molar-refractivity contribution is -0.117. The molecule has 0 spiro atoms. The lowest BCUT2D eigenvalue weighted by atomic mass is 10.0. The van der Waals surface area contributed by atoms with E-state index >= 15 is 0 Å². The zero-order chi connectivity index (χ0) is 26.0. The highest BCUT2D eigenvalue weighted by molar-refractivity contribution is 6.41. The third kappa shape index (κ3) is 4.73. The van der Waals surface area contributed by atoms with E-state index in [0.29, 0.717) is 40.6 Å². The second-order valence-electron chi connectivity index (χ2n) is 8.36. The summed E-state index contributed by atoms with van der Waals surface area (Å²) in [5.41, 5.74) is 0.753. The molecule has 0 radical (unpaired) electrons. The molecule has 2 N–H and O–H groups in total. The number of rotatable bonds is 8. The number of ether oxygens (including phenoxy) is 2. The molecule has 1 saturated carbocycles. The van der Waals surface area contributed by atoms with E-state index < -0.39 is 0 Å². The molecule has 11 heteroatoms. The van der Waals surface area contributed by atoms with Gasteiger partial charge in [0.2, 0.25) is 11.9 Å². The van der Waals surface area contributed by atoms with E-state index in [9.17, 15) is 9.59 Å². The van der Waals surface area contributed by atoms with Gasteiger partial charge in [-0.1, -0.05) is 29.8 Å². The van der Waals surface area contributed by atoms with Crippen LogP contribution in [-0.2, 0) is 11.3 Å². The smallest absolute Gasteiger partial charge is 0.260 e. The minimum Gasteiger partial charge on any atom is -0.495 e. The molecule has 0 bridgehead atoms. The van der Waals surface area contributed by atoms with Gasteiger partial charge in [-0.05, 0) is 38.3 Å². The highest BCUT2D eigenvalue weighted by Crippen LogP contribution is 2.45. The van der Waals surface area contributed by atoms with Crippen molar-refractivity contribution in [3.63, 3.8) is 0 Å². The van der Waals surface area contributed by atoms with Gasteiger partial charge >= 0.3 is 0 Å². The molecular weight excluding hydrogens is 505 g/mol. The van der Waals surface area contributed by atoms with Gasteiger partial charge < -0.3 is 20.1 Å². The molecule has 2 unspecified atom stereocenters. The highest BCUT2D eigenvalue weighted by Gasteiger charge is 2.29. The molecule has 3 aromatic rings. The van der Waals surface area contributed by atoms with Crippen molar-refractivity contribution in [2.75, 3.05) is 19.5 Å². The Labute approximate surface area is 218 Å². The summed E-state index contributed by atoms with van der Waals surface area (Å²) in [6, 6.07) is 3.15. The average molecular weight is 532 g/mol. The van der Waals surface area contributed by atoms with Crippen molar-refractivity contribution in [2.24, 2.45) is 0 Å². The molecule has 1 aromatic carbocycles. The van der Waals surface area contributed by atoms with Crippen molar-refractivity contribution in [3.8, 4) is 22.6 Å². The summed E-state index contributed by atoms with van der Waals surface area (Å²) in [5.74, 6) is 0.828. The summed E-state index contributed by atoms with van der Waals surface area (Å²) in [6.07, 6.45) is 5.57. The van der Waals surface area contributed by atoms with Crippen molar-refractivity contribution < 1.29 is 14.3 Å². The second-order valence-corrected chi connectivity index (χ2v) is 9.12. The Morgan fingerprint density at radius 2 is 1.86 bits per heavy atom. The van der Waals surface area contributed by atoms with Crippen LogP contribution >= 0.6 is 23.2 Å². The van der Waals surface area contributed by atoms with Crippen molar-refractivity contribution in [3.05, 3.63) is 51.4 Å². The van der Waals surface area contributed by atoms with Crippen LogP contribution in [0.3, 0.4) is 0 Å². The van der Waals surface area contributed by atoms with Crippen LogP contribution in [0.1, 0.15) is 26.2 Å². The number of halogens is 2. The first kappa shape index (κ1) is 25.8. The van der Waals surface area contributed by atoms with Gasteiger partial charge in [-0.25, -0.2) is 4.98 Å². The van der Waals surface area contributed by atoms with E-state index in [0.717, 1.165) is 19.3 Å². The van der Waals surface area contributed by atoms with Crippen molar-refractivity contribution in [2.45, 2.75) is 44.8 Å². The Bertz CT molecular complexity index is 1360. The first-order chi connectivity index (χ1) is 17.3. The number of fused-ring (bicyclic) bond motifs is 1. The Morgan fingerprint density at radius 3 is 2.47 bits per heavy atom. The molecule has 1 amide bonds. The number of pyridine rings is 1. The Morgan fingerprint density at radius 1 is 1.19 bits per heavy atom. The van der Waals surface area contributed by atoms with Crippen LogP contribution < -0.4 is 25.7 Å². The summed E-state index contributed by atoms with van der Waals surface area (Å²) in [6.45, 7) is 5.72. The number of anilines is 1. The molecule has 1 fully saturated rings. The van der Waals surface area contributed by atoms with Crippen LogP contribution in [0.2, 0.25) is 10.0 Å². The van der Waals surface area contributed by atoms with E-state index in [4.69, 9.17) is 32.7 Å². The summed E-state index contributed by atoms with van der Waals surface area (Å²) in [4.78, 5) is 34.5. The SMILES string of the molecule is C=CC(=O)NC1CCCC1Nc1ncc2cc(-c3c(Cl)c(OC)cc(OC)c3Cl)c(=O)n(CC)c2n1. The topological polar surface area (TPSA) is 107 Å². The molecule has 2 heterocycles. The fourth-order valence-electron chi connectivity index (χ4n) is 4.54. The molecule has 9 nitrogen and oxygen atoms in total. The normalized spacial score (nSPS) is 17.1. The third-order valence-electron chi connectivity index (χ3n) is 6.33. The van der Waals surface area contributed by atoms with E-state index in [2.05, 4.69) is 27.2 Å². The minimum atomic E-state index is -0.314. The monoisotopic (exact) mass is 531 g/mol. The zero-order valence-electron chi connectivity index (χ0n) is 20.2. The molecule has 0 aliphatic heterocycles. The van der Waals surface area contributed by atoms with Crippen LogP contribution in [0.15, 0.2) is 35.8 Å². The van der Waals surface area contributed by atoms with Gasteiger partial charge in [0.25, 0.3) is 5.56 Å². The summed E-state index contributed by atoms with van der Waals surface area (Å²) >= 11 is 13.2. The van der Waals surface area contributed by atoms with Crippen LogP contribution in [0.5, 0.6) is 11.5 Å². The summed E-state index contributed by atoms with van der Waals surface area (Å²) in [5, 5.41) is 7.30. The first-order valence-electron chi connectivity index (χ1n) is 11.5. The number of carbonyl (C=O) groups is 1. The number of nitrogens with one attached hydrogen (secondary N) is 2. The summed E-state index contributed by atoms with van der Waals surface area (Å²) in [7, 11) is 2.95. The van der Waals surface area contributed by atoms with E-state index in [-0.39, 0.29) is 39.2 Å². The maximum Gasteiger partial charge on any atom is 0.260 e. The molecule has 2 atom stereocenters. The van der Waals surface area contributed by atoms with Gasteiger partial charge in [0, 0.05) is 41.8 Å². The number of aryl methyl sites for hydroxylation is 1. The predicted octanol–water partition coefficient (Wildman–Crippen LogP) is 4.44. The number of nitrogens with zero attached hydrogens (tertiary/aromatic N) is 3. The van der Waals surface area contributed by atoms with Gasteiger partial charge in [-0.2, -0.15) is 4.98 Å². The van der Waals surface area contributed by atoms with Crippen LogP contribution in [0.25, 0.3) is 22.2 Å². The number of amides is 1. The van der Waals surface area contributed by atoms with Crippen LogP contribution in [-0.4, -0.2) is 46.7 Å². The molecular formula is C25H27Cl2N5O4. The van der Waals surface area contributed by atoms with Crippen molar-refractivity contribution in [1.29, 1.82) is 0 Å². The number of hydrogen-bond acceptors (Lipinski definition) is 7. The highest BCUT2D eigenvalue weighted by atomic mass is 35.5.